The van der Waals surface area contributed by atoms with E-state index in [4.69, 9.17) is 10.00 Å². The Morgan fingerprint density at radius 1 is 0.458 bits per heavy atom. The summed E-state index contributed by atoms with van der Waals surface area (Å²) in [6.45, 7) is 6.63. The topological polar surface area (TPSA) is 195 Å². The standard InChI is InChI=1S/C18H17FN2O2.C18H18N2O.C17H16FN3O.C17H14FN3O.C16H13FN2/c19-8-3-10-21-14-5-2-1-4-12(14)16-15(21)7-6-13-17(16)23-11-9-20-18(13)22;1-3-10-20-15-7-5-4-6-13(15)17-14-11-19(2)18(21)12(14)8-9-16(17)20;2*18-7-2-10-21-13-5-4-12-11(6-9-20-17(12)22)15(13)16-14(21)3-1-8-19-16;17-8-3-9-19-15-5-2-1-4-13(15)14-10-12(11-18)6-7-16(14)19/h1-2,4-7H,3,8-11H2,(H,20,22);4-9H,3,10-11H2,1-2H3;1,3-5,8H,2,6-7,9-10H2,(H,20,22);1,3-6,8-9H,2,7,10H2,(H,20,22);1-2,4-7,10H,3,8-9H2. The van der Waals surface area contributed by atoms with Crippen molar-refractivity contribution < 1.29 is 36.7 Å². The van der Waals surface area contributed by atoms with Crippen molar-refractivity contribution >= 4 is 138 Å². The smallest absolute Gasteiger partial charge is 0.255 e. The maximum Gasteiger partial charge on any atom is 0.255 e. The fourth-order valence-electron chi connectivity index (χ4n) is 16.0. The molecule has 8 aromatic carbocycles. The first-order valence-corrected chi connectivity index (χ1v) is 36.4. The number of nitrogens with zero attached hydrogens (tertiary/aromatic N) is 9. The predicted molar refractivity (Wildman–Crippen MR) is 418 cm³/mol. The lowest BCUT2D eigenvalue weighted by Crippen LogP contribution is -2.31. The van der Waals surface area contributed by atoms with E-state index in [0.29, 0.717) is 100 Å². The van der Waals surface area contributed by atoms with Crippen LogP contribution in [0, 0.1) is 11.3 Å². The number of aryl methyl sites for hydroxylation is 5. The van der Waals surface area contributed by atoms with E-state index >= 15 is 0 Å². The lowest BCUT2D eigenvalue weighted by molar-refractivity contribution is 0.0815. The monoisotopic (exact) mass is 1430 g/mol. The average Bonchev–Trinajstić information content (AvgIpc) is 1.61. The fourth-order valence-corrected chi connectivity index (χ4v) is 16.0. The number of H-pyrrole nitrogens is 1. The van der Waals surface area contributed by atoms with Gasteiger partial charge in [0.05, 0.1) is 94.4 Å². The highest BCUT2D eigenvalue weighted by Crippen LogP contribution is 2.41. The summed E-state index contributed by atoms with van der Waals surface area (Å²) in [6, 6.07) is 57.5. The molecule has 16 aromatic rings. The Kier molecular flexibility index (Phi) is 20.2. The number of aromatic nitrogens is 8. The third kappa shape index (κ3) is 12.8. The molecule has 0 fully saturated rings. The highest BCUT2D eigenvalue weighted by Gasteiger charge is 2.30. The number of ether oxygens (including phenoxy) is 1. The van der Waals surface area contributed by atoms with Gasteiger partial charge in [-0.25, -0.2) is 0 Å². The van der Waals surface area contributed by atoms with Crippen molar-refractivity contribution in [3.63, 3.8) is 0 Å². The molecule has 0 unspecified atom stereocenters. The zero-order valence-corrected chi connectivity index (χ0v) is 59.4. The van der Waals surface area contributed by atoms with Gasteiger partial charge in [-0.05, 0) is 165 Å². The van der Waals surface area contributed by atoms with Gasteiger partial charge in [0.2, 0.25) is 0 Å². The first-order valence-electron chi connectivity index (χ1n) is 36.4. The first kappa shape index (κ1) is 70.4. The number of nitrogens with one attached hydrogen (secondary N) is 3. The number of amides is 3. The number of para-hydroxylation sites is 3. The molecule has 0 saturated carbocycles. The quantitative estimate of drug-likeness (QED) is 0.0895. The number of aromatic amines is 1. The van der Waals surface area contributed by atoms with Crippen LogP contribution in [0.25, 0.3) is 120 Å². The summed E-state index contributed by atoms with van der Waals surface area (Å²) < 4.78 is 67.1. The molecule has 0 spiro atoms. The Labute approximate surface area is 612 Å². The van der Waals surface area contributed by atoms with Gasteiger partial charge in [0.1, 0.15) is 12.4 Å². The van der Waals surface area contributed by atoms with E-state index in [1.165, 1.54) is 27.4 Å². The summed E-state index contributed by atoms with van der Waals surface area (Å²) in [5, 5.41) is 24.9. The number of carbonyl (C=O) groups excluding carboxylic acids is 3. The Balaban J connectivity index is 0.000000107. The summed E-state index contributed by atoms with van der Waals surface area (Å²) in [5.41, 5.74) is 17.4. The molecule has 11 heterocycles. The van der Waals surface area contributed by atoms with E-state index in [0.717, 1.165) is 129 Å². The molecule has 107 heavy (non-hydrogen) atoms. The van der Waals surface area contributed by atoms with E-state index in [1.54, 1.807) is 29.6 Å². The number of benzene rings is 8. The normalized spacial score (nSPS) is 13.2. The number of hydrogen-bond acceptors (Lipinski definition) is 8. The molecule has 0 radical (unpaired) electrons. The minimum atomic E-state index is -0.353. The Morgan fingerprint density at radius 3 is 1.58 bits per heavy atom. The van der Waals surface area contributed by atoms with E-state index in [-0.39, 0.29) is 50.0 Å². The molecule has 3 N–H and O–H groups in total. The van der Waals surface area contributed by atoms with E-state index in [2.05, 4.69) is 91.7 Å². The minimum absolute atomic E-state index is 0.0243. The number of rotatable bonds is 14. The van der Waals surface area contributed by atoms with Crippen molar-refractivity contribution in [1.82, 2.24) is 53.3 Å². The maximum atomic E-state index is 12.7. The number of carbonyl (C=O) groups is 3. The maximum absolute atomic E-state index is 12.7. The van der Waals surface area contributed by atoms with Crippen LogP contribution in [0.1, 0.15) is 86.8 Å². The largest absolute Gasteiger partial charge is 0.490 e. The molecule has 3 aliphatic rings. The summed E-state index contributed by atoms with van der Waals surface area (Å²) in [5.74, 6) is 0.635. The van der Waals surface area contributed by atoms with Gasteiger partial charge in [-0.1, -0.05) is 61.5 Å². The Hall–Kier alpha value is -12.3. The minimum Gasteiger partial charge on any atom is -0.490 e. The number of halogens is 4. The molecule has 3 amide bonds. The van der Waals surface area contributed by atoms with Crippen molar-refractivity contribution in [2.75, 3.05) is 53.4 Å². The van der Waals surface area contributed by atoms with Gasteiger partial charge in [-0.15, -0.1) is 0 Å². The van der Waals surface area contributed by atoms with Gasteiger partial charge in [-0.3, -0.25) is 46.7 Å². The second-order valence-electron chi connectivity index (χ2n) is 26.9. The van der Waals surface area contributed by atoms with Crippen LogP contribution < -0.4 is 20.9 Å². The predicted octanol–water partition coefficient (Wildman–Crippen LogP) is 17.3. The second kappa shape index (κ2) is 30.8. The SMILES string of the molecule is CCCn1c2ccccc2c2c3c(ccc21)C(=O)N(C)C3.N#Cc1ccc2c(c1)c1ccccc1n2CCCF.O=C1NCCOc2c1ccc1c2c2ccccc2n1CCCF.O=C1NCCc2c1ccc1c2c2ncccc2n1CCCF.O=c1[nH]ccc2c1ccc1c2c2ncccc2n1CCCF. The molecule has 0 atom stereocenters. The number of pyridine rings is 3. The zero-order chi connectivity index (χ0) is 73.8. The molecule has 19 rings (SSSR count). The molecule has 3 aliphatic heterocycles. The van der Waals surface area contributed by atoms with Gasteiger partial charge in [0.15, 0.2) is 0 Å². The van der Waals surface area contributed by atoms with Crippen molar-refractivity contribution in [2.24, 2.45) is 0 Å². The number of hydrogen-bond donors (Lipinski definition) is 3. The summed E-state index contributed by atoms with van der Waals surface area (Å²) >= 11 is 0. The van der Waals surface area contributed by atoms with Crippen LogP contribution in [-0.4, -0.2) is 114 Å². The van der Waals surface area contributed by atoms with Crippen LogP contribution in [0.3, 0.4) is 0 Å². The van der Waals surface area contributed by atoms with Crippen LogP contribution in [0.5, 0.6) is 5.75 Å². The molecule has 17 nitrogen and oxygen atoms in total. The van der Waals surface area contributed by atoms with Crippen molar-refractivity contribution in [3.8, 4) is 11.8 Å². The first-order chi connectivity index (χ1) is 52.5. The van der Waals surface area contributed by atoms with Crippen LogP contribution in [0.15, 0.2) is 193 Å². The Morgan fingerprint density at radius 2 is 0.944 bits per heavy atom. The zero-order valence-electron chi connectivity index (χ0n) is 59.4. The molecule has 0 saturated heterocycles. The third-order valence-corrected chi connectivity index (χ3v) is 20.5. The average molecular weight is 1440 g/mol. The van der Waals surface area contributed by atoms with Gasteiger partial charge in [0.25, 0.3) is 23.3 Å². The molecule has 21 heteroatoms. The van der Waals surface area contributed by atoms with Crippen molar-refractivity contribution in [1.29, 1.82) is 5.26 Å². The molecule has 8 aromatic heterocycles. The van der Waals surface area contributed by atoms with Gasteiger partial charge < -0.3 is 48.1 Å². The van der Waals surface area contributed by atoms with Crippen molar-refractivity contribution in [3.05, 3.63) is 232 Å². The second-order valence-corrected chi connectivity index (χ2v) is 26.9. The van der Waals surface area contributed by atoms with Crippen LogP contribution in [0.2, 0.25) is 0 Å². The van der Waals surface area contributed by atoms with Gasteiger partial charge >= 0.3 is 0 Å². The molecular weight excluding hydrogens is 1360 g/mol. The molecule has 0 aliphatic carbocycles. The third-order valence-electron chi connectivity index (χ3n) is 20.5. The fraction of sp³-hybridized carbons (Fsp3) is 0.244. The lowest BCUT2D eigenvalue weighted by Gasteiger charge is -2.17. The Bertz CT molecular complexity index is 6240. The summed E-state index contributed by atoms with van der Waals surface area (Å²) in [6.07, 6.45) is 8.97. The number of alkyl halides is 4. The van der Waals surface area contributed by atoms with Crippen LogP contribution >= 0.6 is 0 Å². The summed E-state index contributed by atoms with van der Waals surface area (Å²) in [4.78, 5) is 62.0. The highest BCUT2D eigenvalue weighted by molar-refractivity contribution is 6.20. The highest BCUT2D eigenvalue weighted by atomic mass is 19.1. The molecular formula is C86H78F4N12O5. The molecule has 0 bridgehead atoms. The van der Waals surface area contributed by atoms with E-state index in [9.17, 15) is 36.7 Å². The van der Waals surface area contributed by atoms with Crippen molar-refractivity contribution in [2.45, 2.75) is 84.7 Å². The van der Waals surface area contributed by atoms with E-state index < -0.39 is 0 Å². The van der Waals surface area contributed by atoms with Crippen LogP contribution in [-0.2, 0) is 45.7 Å². The van der Waals surface area contributed by atoms with Gasteiger partial charge in [-0.2, -0.15) is 5.26 Å². The van der Waals surface area contributed by atoms with Crippen LogP contribution in [0.4, 0.5) is 17.6 Å². The number of nitriles is 1. The number of fused-ring (bicyclic) bond motifs is 23. The lowest BCUT2D eigenvalue weighted by atomic mass is 9.96. The molecule has 540 valence electrons. The summed E-state index contributed by atoms with van der Waals surface area (Å²) in [7, 11) is 1.87. The van der Waals surface area contributed by atoms with E-state index in [1.807, 2.05) is 141 Å². The van der Waals surface area contributed by atoms with Gasteiger partial charge in [0, 0.05) is 159 Å².